The van der Waals surface area contributed by atoms with Crippen molar-refractivity contribution in [2.75, 3.05) is 47.1 Å². The summed E-state index contributed by atoms with van der Waals surface area (Å²) in [6.07, 6.45) is 4.97. The van der Waals surface area contributed by atoms with Crippen LogP contribution in [-0.2, 0) is 27.4 Å². The number of rotatable bonds is 5. The lowest BCUT2D eigenvalue weighted by Crippen LogP contribution is -2.39. The van der Waals surface area contributed by atoms with Gasteiger partial charge in [-0.2, -0.15) is 0 Å². The van der Waals surface area contributed by atoms with Crippen molar-refractivity contribution in [2.45, 2.75) is 25.6 Å². The lowest BCUT2D eigenvalue weighted by molar-refractivity contribution is -0.134. The Labute approximate surface area is 137 Å². The molecule has 23 heavy (non-hydrogen) atoms. The topological polar surface area (TPSA) is 59.8 Å². The average Bonchev–Trinajstić information content (AvgIpc) is 3.16. The van der Waals surface area contributed by atoms with E-state index in [9.17, 15) is 4.79 Å². The summed E-state index contributed by atoms with van der Waals surface area (Å²) in [5.41, 5.74) is 0. The molecule has 0 saturated carbocycles. The number of hydrogen-bond acceptors (Lipinski definition) is 5. The van der Waals surface area contributed by atoms with Crippen LogP contribution in [0.25, 0.3) is 0 Å². The Morgan fingerprint density at radius 3 is 3.09 bits per heavy atom. The number of carbonyl (C=O) groups is 1. The van der Waals surface area contributed by atoms with Crippen molar-refractivity contribution in [2.24, 2.45) is 5.92 Å². The molecule has 2 atom stereocenters. The van der Waals surface area contributed by atoms with Crippen LogP contribution in [0.1, 0.15) is 12.2 Å². The van der Waals surface area contributed by atoms with Gasteiger partial charge in [-0.1, -0.05) is 0 Å². The first kappa shape index (κ1) is 16.4. The fraction of sp³-hybridized carbons (Fsp3) is 0.750. The molecule has 0 spiro atoms. The van der Waals surface area contributed by atoms with Crippen LogP contribution in [0.5, 0.6) is 0 Å². The van der Waals surface area contributed by atoms with Crippen molar-refractivity contribution in [3.8, 4) is 0 Å². The number of nitrogens with zero attached hydrogens (tertiary/aromatic N) is 4. The zero-order chi connectivity index (χ0) is 16.2. The first-order chi connectivity index (χ1) is 11.1. The number of aromatic nitrogens is 2. The van der Waals surface area contributed by atoms with Crippen molar-refractivity contribution < 1.29 is 14.3 Å². The van der Waals surface area contributed by atoms with Gasteiger partial charge in [-0.25, -0.2) is 4.98 Å². The maximum atomic E-state index is 11.6. The van der Waals surface area contributed by atoms with E-state index in [-0.39, 0.29) is 12.5 Å². The summed E-state index contributed by atoms with van der Waals surface area (Å²) in [5, 5.41) is 0. The molecule has 2 aliphatic heterocycles. The molecule has 0 radical (unpaired) electrons. The lowest BCUT2D eigenvalue weighted by atomic mass is 10.1. The summed E-state index contributed by atoms with van der Waals surface area (Å²) in [7, 11) is 3.49. The minimum atomic E-state index is 0.00277. The molecule has 128 valence electrons. The molecule has 0 bridgehead atoms. The second-order valence-corrected chi connectivity index (χ2v) is 6.61. The fourth-order valence-corrected chi connectivity index (χ4v) is 3.21. The maximum Gasteiger partial charge on any atom is 0.248 e. The molecule has 3 rings (SSSR count). The number of imidazole rings is 1. The molecular formula is C16H26N4O3. The van der Waals surface area contributed by atoms with Gasteiger partial charge in [-0.3, -0.25) is 9.69 Å². The van der Waals surface area contributed by atoms with Gasteiger partial charge < -0.3 is 18.9 Å². The summed E-state index contributed by atoms with van der Waals surface area (Å²) < 4.78 is 13.4. The quantitative estimate of drug-likeness (QED) is 0.775. The van der Waals surface area contributed by atoms with E-state index in [0.717, 1.165) is 45.1 Å². The molecule has 2 aliphatic rings. The number of fused-ring (bicyclic) bond motifs is 1. The molecule has 0 N–H and O–H groups in total. The van der Waals surface area contributed by atoms with Gasteiger partial charge in [0.05, 0.1) is 19.8 Å². The monoisotopic (exact) mass is 322 g/mol. The molecule has 1 aromatic rings. The molecule has 0 aliphatic carbocycles. The summed E-state index contributed by atoms with van der Waals surface area (Å²) in [4.78, 5) is 20.1. The van der Waals surface area contributed by atoms with Crippen LogP contribution in [0.3, 0.4) is 0 Å². The molecule has 7 heteroatoms. The average molecular weight is 322 g/mol. The summed E-state index contributed by atoms with van der Waals surface area (Å²) in [6.45, 7) is 5.06. The van der Waals surface area contributed by atoms with Crippen molar-refractivity contribution in [1.82, 2.24) is 19.4 Å². The van der Waals surface area contributed by atoms with Crippen molar-refractivity contribution in [3.05, 3.63) is 18.2 Å². The van der Waals surface area contributed by atoms with E-state index >= 15 is 0 Å². The zero-order valence-corrected chi connectivity index (χ0v) is 14.0. The summed E-state index contributed by atoms with van der Waals surface area (Å²) in [5.74, 6) is 1.45. The van der Waals surface area contributed by atoms with Crippen LogP contribution in [0, 0.1) is 5.92 Å². The van der Waals surface area contributed by atoms with Gasteiger partial charge in [0.15, 0.2) is 0 Å². The molecule has 0 aromatic carbocycles. The van der Waals surface area contributed by atoms with E-state index < -0.39 is 0 Å². The smallest absolute Gasteiger partial charge is 0.248 e. The molecular weight excluding hydrogens is 296 g/mol. The Bertz CT molecular complexity index is 525. The molecule has 1 aromatic heterocycles. The number of carbonyl (C=O) groups excluding carboxylic acids is 1. The van der Waals surface area contributed by atoms with Crippen LogP contribution in [-0.4, -0.2) is 78.4 Å². The fourth-order valence-electron chi connectivity index (χ4n) is 3.21. The van der Waals surface area contributed by atoms with Gasteiger partial charge in [-0.15, -0.1) is 0 Å². The second kappa shape index (κ2) is 7.42. The van der Waals surface area contributed by atoms with Crippen LogP contribution < -0.4 is 0 Å². The van der Waals surface area contributed by atoms with Gasteiger partial charge in [0, 0.05) is 58.1 Å². The van der Waals surface area contributed by atoms with Crippen molar-refractivity contribution in [1.29, 1.82) is 0 Å². The highest BCUT2D eigenvalue weighted by atomic mass is 16.5. The molecule has 0 unspecified atom stereocenters. The van der Waals surface area contributed by atoms with Gasteiger partial charge in [0.25, 0.3) is 0 Å². The van der Waals surface area contributed by atoms with E-state index in [1.165, 1.54) is 0 Å². The standard InChI is InChI=1S/C16H26N4O3/c1-18(2)16(21)12-23-10-13-7-19-5-4-17-15(19)9-20(8-13)14-3-6-22-11-14/h4-5,13-14H,3,6-12H2,1-2H3/t13-,14+/m0/s1. The number of hydrogen-bond donors (Lipinski definition) is 0. The Hall–Kier alpha value is -1.44. The molecule has 7 nitrogen and oxygen atoms in total. The Morgan fingerprint density at radius 2 is 2.35 bits per heavy atom. The highest BCUT2D eigenvalue weighted by Gasteiger charge is 2.29. The molecule has 3 heterocycles. The van der Waals surface area contributed by atoms with Crippen LogP contribution in [0.4, 0.5) is 0 Å². The normalized spacial score (nSPS) is 25.1. The Balaban J connectivity index is 1.61. The second-order valence-electron chi connectivity index (χ2n) is 6.61. The third-order valence-electron chi connectivity index (χ3n) is 4.59. The maximum absolute atomic E-state index is 11.6. The van der Waals surface area contributed by atoms with Crippen LogP contribution in [0.2, 0.25) is 0 Å². The van der Waals surface area contributed by atoms with E-state index in [4.69, 9.17) is 9.47 Å². The SMILES string of the molecule is CN(C)C(=O)COC[C@@H]1CN([C@@H]2CCOC2)Cc2nccn2C1. The van der Waals surface area contributed by atoms with Crippen LogP contribution >= 0.6 is 0 Å². The number of amides is 1. The Kier molecular flexibility index (Phi) is 5.30. The van der Waals surface area contributed by atoms with Crippen molar-refractivity contribution in [3.63, 3.8) is 0 Å². The van der Waals surface area contributed by atoms with E-state index in [0.29, 0.717) is 18.6 Å². The number of likely N-dealkylation sites (N-methyl/N-ethyl adjacent to an activating group) is 1. The molecule has 1 saturated heterocycles. The highest BCUT2D eigenvalue weighted by Crippen LogP contribution is 2.21. The first-order valence-corrected chi connectivity index (χ1v) is 8.23. The largest absolute Gasteiger partial charge is 0.380 e. The Morgan fingerprint density at radius 1 is 1.48 bits per heavy atom. The van der Waals surface area contributed by atoms with Crippen LogP contribution in [0.15, 0.2) is 12.4 Å². The van der Waals surface area contributed by atoms with E-state index in [2.05, 4.69) is 14.5 Å². The minimum Gasteiger partial charge on any atom is -0.380 e. The van der Waals surface area contributed by atoms with E-state index in [1.807, 2.05) is 12.4 Å². The first-order valence-electron chi connectivity index (χ1n) is 8.23. The minimum absolute atomic E-state index is 0.00277. The summed E-state index contributed by atoms with van der Waals surface area (Å²) >= 11 is 0. The van der Waals surface area contributed by atoms with E-state index in [1.54, 1.807) is 19.0 Å². The van der Waals surface area contributed by atoms with Gasteiger partial charge in [0.2, 0.25) is 5.91 Å². The highest BCUT2D eigenvalue weighted by molar-refractivity contribution is 5.76. The van der Waals surface area contributed by atoms with Gasteiger partial charge >= 0.3 is 0 Å². The van der Waals surface area contributed by atoms with Gasteiger partial charge in [-0.05, 0) is 6.42 Å². The van der Waals surface area contributed by atoms with Crippen molar-refractivity contribution >= 4 is 5.91 Å². The number of ether oxygens (including phenoxy) is 2. The third-order valence-corrected chi connectivity index (χ3v) is 4.59. The van der Waals surface area contributed by atoms with Gasteiger partial charge in [0.1, 0.15) is 12.4 Å². The predicted molar refractivity (Wildman–Crippen MR) is 84.9 cm³/mol. The lowest BCUT2D eigenvalue weighted by Gasteiger charge is -2.28. The molecule has 1 amide bonds. The molecule has 1 fully saturated rings. The summed E-state index contributed by atoms with van der Waals surface area (Å²) in [6, 6.07) is 0.462. The zero-order valence-electron chi connectivity index (χ0n) is 14.0. The predicted octanol–water partition coefficient (Wildman–Crippen LogP) is 0.209. The third kappa shape index (κ3) is 4.10.